The van der Waals surface area contributed by atoms with Gasteiger partial charge >= 0.3 is 0 Å². The molecule has 1 N–H and O–H groups in total. The van der Waals surface area contributed by atoms with Crippen molar-refractivity contribution in [3.8, 4) is 0 Å². The molecule has 2 aromatic carbocycles. The molecule has 0 unspecified atom stereocenters. The monoisotopic (exact) mass is 481 g/mol. The Labute approximate surface area is 171 Å². The zero-order valence-electron chi connectivity index (χ0n) is 15.0. The molecule has 7 heteroatoms. The van der Waals surface area contributed by atoms with Crippen LogP contribution in [0, 0.1) is 16.3 Å². The highest BCUT2D eigenvalue weighted by Gasteiger charge is 2.23. The van der Waals surface area contributed by atoms with Crippen molar-refractivity contribution in [2.75, 3.05) is 38.0 Å². The third kappa shape index (κ3) is 5.26. The van der Waals surface area contributed by atoms with Crippen LogP contribution < -0.4 is 5.32 Å². The minimum absolute atomic E-state index is 0.0726. The second kappa shape index (κ2) is 8.79. The summed E-state index contributed by atoms with van der Waals surface area (Å²) in [5, 5.41) is 2.88. The van der Waals surface area contributed by atoms with E-state index in [2.05, 4.69) is 27.9 Å². The van der Waals surface area contributed by atoms with E-state index in [1.54, 1.807) is 24.0 Å². The van der Waals surface area contributed by atoms with Gasteiger partial charge in [0, 0.05) is 41.0 Å². The molecule has 0 radical (unpaired) electrons. The van der Waals surface area contributed by atoms with E-state index in [4.69, 9.17) is 0 Å². The predicted octanol–water partition coefficient (Wildman–Crippen LogP) is 3.14. The third-order valence-corrected chi connectivity index (χ3v) is 5.29. The number of benzene rings is 2. The molecule has 1 aliphatic heterocycles. The summed E-state index contributed by atoms with van der Waals surface area (Å²) in [5.41, 5.74) is 1.66. The Balaban J connectivity index is 1.49. The average Bonchev–Trinajstić information content (AvgIpc) is 2.66. The summed E-state index contributed by atoms with van der Waals surface area (Å²) in [5.74, 6) is -0.611. The Morgan fingerprint density at radius 2 is 1.74 bits per heavy atom. The first-order valence-electron chi connectivity index (χ1n) is 8.75. The summed E-state index contributed by atoms with van der Waals surface area (Å²) in [4.78, 5) is 28.4. The van der Waals surface area contributed by atoms with Crippen LogP contribution in [0.15, 0.2) is 42.5 Å². The molecule has 2 amide bonds. The van der Waals surface area contributed by atoms with Gasteiger partial charge in [-0.2, -0.15) is 0 Å². The molecule has 0 bridgehead atoms. The van der Waals surface area contributed by atoms with Gasteiger partial charge in [-0.25, -0.2) is 4.39 Å². The number of hydrogen-bond acceptors (Lipinski definition) is 3. The van der Waals surface area contributed by atoms with E-state index in [0.717, 1.165) is 9.26 Å². The fourth-order valence-electron chi connectivity index (χ4n) is 2.95. The van der Waals surface area contributed by atoms with Gasteiger partial charge in [-0.05, 0) is 71.5 Å². The summed E-state index contributed by atoms with van der Waals surface area (Å²) < 4.78 is 14.8. The first kappa shape index (κ1) is 19.8. The SMILES string of the molecule is Cc1ccc(C(=O)N2CCN(CC(=O)Nc3ccc(I)cc3)CC2)cc1F. The fraction of sp³-hybridized carbons (Fsp3) is 0.300. The molecular formula is C20H21FIN3O2. The molecule has 1 fully saturated rings. The lowest BCUT2D eigenvalue weighted by Gasteiger charge is -2.34. The molecule has 27 heavy (non-hydrogen) atoms. The Kier molecular flexibility index (Phi) is 6.43. The quantitative estimate of drug-likeness (QED) is 0.684. The number of nitrogens with zero attached hydrogens (tertiary/aromatic N) is 2. The highest BCUT2D eigenvalue weighted by molar-refractivity contribution is 14.1. The number of carbonyl (C=O) groups excluding carboxylic acids is 2. The molecule has 0 spiro atoms. The van der Waals surface area contributed by atoms with Gasteiger partial charge in [0.25, 0.3) is 5.91 Å². The highest BCUT2D eigenvalue weighted by Crippen LogP contribution is 2.14. The first-order valence-corrected chi connectivity index (χ1v) is 9.83. The van der Waals surface area contributed by atoms with Crippen molar-refractivity contribution < 1.29 is 14.0 Å². The van der Waals surface area contributed by atoms with Crippen LogP contribution in [0.25, 0.3) is 0 Å². The molecule has 0 saturated carbocycles. The van der Waals surface area contributed by atoms with Crippen molar-refractivity contribution in [2.24, 2.45) is 0 Å². The molecule has 1 saturated heterocycles. The van der Waals surface area contributed by atoms with Crippen molar-refractivity contribution >= 4 is 40.1 Å². The van der Waals surface area contributed by atoms with E-state index in [-0.39, 0.29) is 24.2 Å². The lowest BCUT2D eigenvalue weighted by molar-refractivity contribution is -0.117. The van der Waals surface area contributed by atoms with Crippen molar-refractivity contribution in [1.82, 2.24) is 9.80 Å². The van der Waals surface area contributed by atoms with E-state index < -0.39 is 0 Å². The average molecular weight is 481 g/mol. The first-order chi connectivity index (χ1) is 12.9. The second-order valence-corrected chi connectivity index (χ2v) is 7.83. The molecule has 0 aromatic heterocycles. The Bertz CT molecular complexity index is 834. The molecule has 0 aliphatic carbocycles. The molecule has 2 aromatic rings. The number of aryl methyl sites for hydroxylation is 1. The summed E-state index contributed by atoms with van der Waals surface area (Å²) >= 11 is 2.22. The lowest BCUT2D eigenvalue weighted by Crippen LogP contribution is -2.50. The van der Waals surface area contributed by atoms with Crippen LogP contribution >= 0.6 is 22.6 Å². The van der Waals surface area contributed by atoms with Crippen molar-refractivity contribution in [1.29, 1.82) is 0 Å². The van der Waals surface area contributed by atoms with Gasteiger partial charge in [-0.1, -0.05) is 6.07 Å². The summed E-state index contributed by atoms with van der Waals surface area (Å²) in [6.07, 6.45) is 0. The third-order valence-electron chi connectivity index (χ3n) is 4.57. The van der Waals surface area contributed by atoms with Crippen LogP contribution in [0.1, 0.15) is 15.9 Å². The number of anilines is 1. The Morgan fingerprint density at radius 1 is 1.07 bits per heavy atom. The van der Waals surface area contributed by atoms with Gasteiger partial charge in [0.05, 0.1) is 6.54 Å². The van der Waals surface area contributed by atoms with Gasteiger partial charge in [-0.3, -0.25) is 14.5 Å². The maximum Gasteiger partial charge on any atom is 0.254 e. The lowest BCUT2D eigenvalue weighted by atomic mass is 10.1. The van der Waals surface area contributed by atoms with E-state index in [1.807, 2.05) is 29.2 Å². The van der Waals surface area contributed by atoms with Crippen molar-refractivity contribution in [2.45, 2.75) is 6.92 Å². The maximum atomic E-state index is 13.7. The van der Waals surface area contributed by atoms with Crippen molar-refractivity contribution in [3.05, 3.63) is 63.0 Å². The van der Waals surface area contributed by atoms with E-state index in [1.165, 1.54) is 6.07 Å². The number of nitrogens with one attached hydrogen (secondary N) is 1. The molecule has 5 nitrogen and oxygen atoms in total. The molecule has 0 atom stereocenters. The minimum Gasteiger partial charge on any atom is -0.336 e. The van der Waals surface area contributed by atoms with Gasteiger partial charge in [0.2, 0.25) is 5.91 Å². The van der Waals surface area contributed by atoms with Gasteiger partial charge in [0.1, 0.15) is 5.82 Å². The number of rotatable bonds is 4. The van der Waals surface area contributed by atoms with Crippen molar-refractivity contribution in [3.63, 3.8) is 0 Å². The maximum absolute atomic E-state index is 13.7. The number of hydrogen-bond donors (Lipinski definition) is 1. The predicted molar refractivity (Wildman–Crippen MR) is 111 cm³/mol. The van der Waals surface area contributed by atoms with Gasteiger partial charge in [-0.15, -0.1) is 0 Å². The van der Waals surface area contributed by atoms with E-state index in [9.17, 15) is 14.0 Å². The largest absolute Gasteiger partial charge is 0.336 e. The molecule has 1 aliphatic rings. The second-order valence-electron chi connectivity index (χ2n) is 6.59. The van der Waals surface area contributed by atoms with Crippen LogP contribution in [0.2, 0.25) is 0 Å². The normalized spacial score (nSPS) is 14.9. The standard InChI is InChI=1S/C20H21FIN3O2/c1-14-2-3-15(12-18(14)21)20(27)25-10-8-24(9-11-25)13-19(26)23-17-6-4-16(22)5-7-17/h2-7,12H,8-11,13H2,1H3,(H,23,26). The Hall–Kier alpha value is -2.00. The number of amides is 2. The highest BCUT2D eigenvalue weighted by atomic mass is 127. The van der Waals surface area contributed by atoms with Crippen LogP contribution in [0.5, 0.6) is 0 Å². The van der Waals surface area contributed by atoms with E-state index >= 15 is 0 Å². The molecule has 1 heterocycles. The smallest absolute Gasteiger partial charge is 0.254 e. The number of piperazine rings is 1. The molecular weight excluding hydrogens is 460 g/mol. The summed E-state index contributed by atoms with van der Waals surface area (Å²) in [7, 11) is 0. The van der Waals surface area contributed by atoms with Gasteiger partial charge in [0.15, 0.2) is 0 Å². The zero-order valence-corrected chi connectivity index (χ0v) is 17.2. The summed E-state index contributed by atoms with van der Waals surface area (Å²) in [6, 6.07) is 12.2. The van der Waals surface area contributed by atoms with Crippen LogP contribution in [-0.4, -0.2) is 54.3 Å². The van der Waals surface area contributed by atoms with Crippen LogP contribution in [0.4, 0.5) is 10.1 Å². The number of halogens is 2. The van der Waals surface area contributed by atoms with Crippen LogP contribution in [0.3, 0.4) is 0 Å². The molecule has 142 valence electrons. The number of carbonyl (C=O) groups is 2. The fourth-order valence-corrected chi connectivity index (χ4v) is 3.31. The Morgan fingerprint density at radius 3 is 2.37 bits per heavy atom. The topological polar surface area (TPSA) is 52.7 Å². The van der Waals surface area contributed by atoms with E-state index in [0.29, 0.717) is 37.3 Å². The van der Waals surface area contributed by atoms with Crippen LogP contribution in [-0.2, 0) is 4.79 Å². The minimum atomic E-state index is -0.369. The molecule has 3 rings (SSSR count). The zero-order chi connectivity index (χ0) is 19.4. The van der Waals surface area contributed by atoms with Gasteiger partial charge < -0.3 is 10.2 Å². The summed E-state index contributed by atoms with van der Waals surface area (Å²) in [6.45, 7) is 4.22.